The first-order valence-electron chi connectivity index (χ1n) is 12.1. The first-order chi connectivity index (χ1) is 17.2. The van der Waals surface area contributed by atoms with Crippen LogP contribution in [0.15, 0.2) is 53.4 Å². The summed E-state index contributed by atoms with van der Waals surface area (Å²) in [5, 5.41) is 16.8. The molecule has 6 nitrogen and oxygen atoms in total. The summed E-state index contributed by atoms with van der Waals surface area (Å²) in [5.74, 6) is 0.339. The van der Waals surface area contributed by atoms with Crippen molar-refractivity contribution in [1.82, 2.24) is 25.9 Å². The van der Waals surface area contributed by atoms with E-state index in [2.05, 4.69) is 110 Å². The molecule has 2 N–H and O–H groups in total. The lowest BCUT2D eigenvalue weighted by Gasteiger charge is -2.20. The van der Waals surface area contributed by atoms with Crippen LogP contribution in [0.4, 0.5) is 0 Å². The molecule has 1 atom stereocenters. The van der Waals surface area contributed by atoms with Crippen LogP contribution in [0.3, 0.4) is 0 Å². The standard InChI is InChI=1S/C28H33N5OS2/c1-7-22(23-12-13-24(36-23)27(34)29-16-25-30-32-33-31-25)35-21-14-17(2)26(18(3)15-21)19-8-10-20(11-9-19)28(4,5)6/h8-15,22H,7,16H2,1-6H3,(H,29,34)(H,30,31,32,33)/t22-/m0/s1. The Morgan fingerprint density at radius 3 is 2.36 bits per heavy atom. The fourth-order valence-corrected chi connectivity index (χ4v) is 6.70. The summed E-state index contributed by atoms with van der Waals surface area (Å²) in [6.07, 6.45) is 0.975. The number of amides is 1. The first-order valence-corrected chi connectivity index (χ1v) is 13.8. The van der Waals surface area contributed by atoms with Gasteiger partial charge in [-0.2, -0.15) is 5.21 Å². The maximum absolute atomic E-state index is 12.6. The van der Waals surface area contributed by atoms with E-state index >= 15 is 0 Å². The smallest absolute Gasteiger partial charge is 0.261 e. The Morgan fingerprint density at radius 2 is 1.78 bits per heavy atom. The highest BCUT2D eigenvalue weighted by Crippen LogP contribution is 2.42. The van der Waals surface area contributed by atoms with Crippen molar-refractivity contribution in [2.24, 2.45) is 0 Å². The Bertz CT molecular complexity index is 1300. The van der Waals surface area contributed by atoms with Gasteiger partial charge in [0.2, 0.25) is 0 Å². The van der Waals surface area contributed by atoms with E-state index in [0.29, 0.717) is 10.7 Å². The summed E-state index contributed by atoms with van der Waals surface area (Å²) in [7, 11) is 0. The largest absolute Gasteiger partial charge is 0.344 e. The average molecular weight is 520 g/mol. The van der Waals surface area contributed by atoms with E-state index in [9.17, 15) is 4.79 Å². The van der Waals surface area contributed by atoms with Crippen molar-refractivity contribution in [2.45, 2.75) is 70.1 Å². The highest BCUT2D eigenvalue weighted by Gasteiger charge is 2.19. The van der Waals surface area contributed by atoms with Gasteiger partial charge >= 0.3 is 0 Å². The van der Waals surface area contributed by atoms with Crippen LogP contribution >= 0.6 is 23.1 Å². The normalized spacial score (nSPS) is 12.5. The van der Waals surface area contributed by atoms with E-state index in [1.807, 2.05) is 17.8 Å². The number of carbonyl (C=O) groups is 1. The van der Waals surface area contributed by atoms with E-state index in [4.69, 9.17) is 0 Å². The number of H-pyrrole nitrogens is 1. The molecule has 8 heteroatoms. The third-order valence-corrected chi connectivity index (χ3v) is 8.89. The van der Waals surface area contributed by atoms with Crippen LogP contribution in [0.5, 0.6) is 0 Å². The second-order valence-corrected chi connectivity index (χ2v) is 12.4. The number of aryl methyl sites for hydroxylation is 2. The zero-order chi connectivity index (χ0) is 25.9. The summed E-state index contributed by atoms with van der Waals surface area (Å²) in [6, 6.07) is 17.5. The zero-order valence-corrected chi connectivity index (χ0v) is 23.3. The molecule has 36 heavy (non-hydrogen) atoms. The van der Waals surface area contributed by atoms with Crippen LogP contribution in [0.25, 0.3) is 11.1 Å². The Kier molecular flexibility index (Phi) is 7.95. The number of carbonyl (C=O) groups excluding carboxylic acids is 1. The minimum absolute atomic E-state index is 0.121. The van der Waals surface area contributed by atoms with Crippen LogP contribution in [0.2, 0.25) is 0 Å². The van der Waals surface area contributed by atoms with Crippen LogP contribution in [-0.4, -0.2) is 26.5 Å². The molecule has 0 unspecified atom stereocenters. The Balaban J connectivity index is 1.48. The predicted octanol–water partition coefficient (Wildman–Crippen LogP) is 7.02. The highest BCUT2D eigenvalue weighted by atomic mass is 32.2. The maximum Gasteiger partial charge on any atom is 0.261 e. The third-order valence-electron chi connectivity index (χ3n) is 6.16. The van der Waals surface area contributed by atoms with Gasteiger partial charge in [0.25, 0.3) is 5.91 Å². The number of hydrogen-bond donors (Lipinski definition) is 2. The molecule has 2 aromatic carbocycles. The van der Waals surface area contributed by atoms with Gasteiger partial charge in [-0.3, -0.25) is 4.79 Å². The summed E-state index contributed by atoms with van der Waals surface area (Å²) < 4.78 is 0. The molecule has 0 aliphatic heterocycles. The predicted molar refractivity (Wildman–Crippen MR) is 149 cm³/mol. The number of rotatable bonds is 8. The number of thiophene rings is 1. The zero-order valence-electron chi connectivity index (χ0n) is 21.7. The van der Waals surface area contributed by atoms with Gasteiger partial charge in [0.1, 0.15) is 0 Å². The number of tetrazole rings is 1. The molecule has 2 aromatic heterocycles. The molecule has 0 aliphatic carbocycles. The van der Waals surface area contributed by atoms with Gasteiger partial charge in [-0.25, -0.2) is 0 Å². The van der Waals surface area contributed by atoms with Crippen LogP contribution in [-0.2, 0) is 12.0 Å². The van der Waals surface area contributed by atoms with Crippen molar-refractivity contribution >= 4 is 29.0 Å². The monoisotopic (exact) mass is 519 g/mol. The van der Waals surface area contributed by atoms with Crippen LogP contribution in [0.1, 0.15) is 76.4 Å². The van der Waals surface area contributed by atoms with Crippen molar-refractivity contribution in [3.05, 3.63) is 80.8 Å². The number of nitrogens with one attached hydrogen (secondary N) is 2. The number of aromatic amines is 1. The second kappa shape index (κ2) is 11.0. The number of aromatic nitrogens is 4. The highest BCUT2D eigenvalue weighted by molar-refractivity contribution is 7.99. The van der Waals surface area contributed by atoms with Gasteiger partial charge < -0.3 is 5.32 Å². The number of thioether (sulfide) groups is 1. The Hall–Kier alpha value is -2.97. The lowest BCUT2D eigenvalue weighted by Crippen LogP contribution is -2.22. The second-order valence-electron chi connectivity index (χ2n) is 9.99. The van der Waals surface area contributed by atoms with Crippen molar-refractivity contribution in [3.8, 4) is 11.1 Å². The SMILES string of the molecule is CC[C@H](Sc1cc(C)c(-c2ccc(C(C)(C)C)cc2)c(C)c1)c1ccc(C(=O)NCc2nn[nH]n2)s1. The molecule has 0 saturated heterocycles. The summed E-state index contributed by atoms with van der Waals surface area (Å²) in [5.41, 5.74) is 6.63. The number of nitrogens with zero attached hydrogens (tertiary/aromatic N) is 3. The summed E-state index contributed by atoms with van der Waals surface area (Å²) in [4.78, 5) is 15.7. The molecule has 4 aromatic rings. The molecule has 0 fully saturated rings. The minimum atomic E-state index is -0.121. The lowest BCUT2D eigenvalue weighted by molar-refractivity contribution is 0.0954. The van der Waals surface area contributed by atoms with Gasteiger partial charge in [-0.1, -0.05) is 57.2 Å². The fraction of sp³-hybridized carbons (Fsp3) is 0.357. The number of hydrogen-bond acceptors (Lipinski definition) is 6. The minimum Gasteiger partial charge on any atom is -0.344 e. The molecule has 1 amide bonds. The topological polar surface area (TPSA) is 83.6 Å². The van der Waals surface area contributed by atoms with Crippen molar-refractivity contribution in [2.75, 3.05) is 0 Å². The van der Waals surface area contributed by atoms with E-state index in [1.54, 1.807) is 11.3 Å². The van der Waals surface area contributed by atoms with Crippen LogP contribution in [0, 0.1) is 13.8 Å². The van der Waals surface area contributed by atoms with E-state index < -0.39 is 0 Å². The number of benzene rings is 2. The molecular formula is C28H33N5OS2. The molecule has 0 spiro atoms. The van der Waals surface area contributed by atoms with Crippen molar-refractivity contribution < 1.29 is 4.79 Å². The molecule has 0 aliphatic rings. The molecule has 0 saturated carbocycles. The first kappa shape index (κ1) is 26.1. The average Bonchev–Trinajstić information content (AvgIpc) is 3.53. The van der Waals surface area contributed by atoms with Crippen LogP contribution < -0.4 is 5.32 Å². The molecule has 2 heterocycles. The third kappa shape index (κ3) is 6.05. The van der Waals surface area contributed by atoms with Gasteiger partial charge in [0, 0.05) is 15.0 Å². The van der Waals surface area contributed by atoms with E-state index in [-0.39, 0.29) is 23.1 Å². The maximum atomic E-state index is 12.6. The Labute approximate surface area is 221 Å². The van der Waals surface area contributed by atoms with Gasteiger partial charge in [0.15, 0.2) is 5.82 Å². The molecule has 0 radical (unpaired) electrons. The summed E-state index contributed by atoms with van der Waals surface area (Å²) in [6.45, 7) is 13.6. The van der Waals surface area contributed by atoms with Gasteiger partial charge in [-0.15, -0.1) is 33.3 Å². The summed E-state index contributed by atoms with van der Waals surface area (Å²) >= 11 is 3.41. The molecule has 4 rings (SSSR count). The van der Waals surface area contributed by atoms with Crippen molar-refractivity contribution in [3.63, 3.8) is 0 Å². The lowest BCUT2D eigenvalue weighted by atomic mass is 9.85. The van der Waals surface area contributed by atoms with E-state index in [0.717, 1.165) is 6.42 Å². The Morgan fingerprint density at radius 1 is 1.08 bits per heavy atom. The fourth-order valence-electron chi connectivity index (χ4n) is 4.24. The molecule has 0 bridgehead atoms. The van der Waals surface area contributed by atoms with Gasteiger partial charge in [-0.05, 0) is 77.8 Å². The quantitative estimate of drug-likeness (QED) is 0.245. The van der Waals surface area contributed by atoms with Crippen molar-refractivity contribution in [1.29, 1.82) is 0 Å². The molecule has 188 valence electrons. The van der Waals surface area contributed by atoms with Gasteiger partial charge in [0.05, 0.1) is 11.4 Å². The van der Waals surface area contributed by atoms with E-state index in [1.165, 1.54) is 37.6 Å². The molecular weight excluding hydrogens is 486 g/mol.